The van der Waals surface area contributed by atoms with Crippen molar-refractivity contribution in [2.75, 3.05) is 12.8 Å². The maximum absolute atomic E-state index is 11.1. The van der Waals surface area contributed by atoms with Gasteiger partial charge in [0.05, 0.1) is 12.1 Å². The fraction of sp³-hybridized carbons (Fsp3) is 0.286. The van der Waals surface area contributed by atoms with Crippen LogP contribution in [0.15, 0.2) is 16.1 Å². The van der Waals surface area contributed by atoms with Gasteiger partial charge in [0.1, 0.15) is 8.60 Å². The minimum Gasteiger partial charge on any atom is -0.358 e. The van der Waals surface area contributed by atoms with Crippen molar-refractivity contribution >= 4 is 40.3 Å². The number of H-pyrrole nitrogens is 1. The molecule has 2 N–H and O–H groups in total. The molecule has 0 aliphatic carbocycles. The van der Waals surface area contributed by atoms with E-state index in [9.17, 15) is 9.59 Å². The van der Waals surface area contributed by atoms with Gasteiger partial charge in [0.25, 0.3) is 5.56 Å². The highest BCUT2D eigenvalue weighted by atomic mass is 127. The second-order valence-electron chi connectivity index (χ2n) is 2.31. The molecule has 0 bridgehead atoms. The fourth-order valence-electron chi connectivity index (χ4n) is 0.673. The predicted molar refractivity (Wildman–Crippen MR) is 62.4 cm³/mol. The molecule has 5 nitrogen and oxygen atoms in total. The molecule has 0 aromatic carbocycles. The Hall–Kier alpha value is -0.570. The molecule has 1 heterocycles. The Morgan fingerprint density at radius 1 is 1.79 bits per heavy atom. The second-order valence-corrected chi connectivity index (χ2v) is 4.36. The number of aromatic amines is 1. The summed E-state index contributed by atoms with van der Waals surface area (Å²) in [6, 6.07) is 0. The molecular weight excluding hydrogens is 317 g/mol. The zero-order valence-electron chi connectivity index (χ0n) is 7.33. The molecule has 1 amide bonds. The second kappa shape index (κ2) is 5.35. The maximum atomic E-state index is 11.1. The first-order valence-corrected chi connectivity index (χ1v) is 5.78. The number of carbonyl (C=O) groups is 1. The largest absolute Gasteiger partial charge is 0.358 e. The lowest BCUT2D eigenvalue weighted by Gasteiger charge is -2.00. The van der Waals surface area contributed by atoms with E-state index in [4.69, 9.17) is 0 Å². The first-order valence-electron chi connectivity index (χ1n) is 3.71. The average Bonchev–Trinajstić information content (AvgIpc) is 2.20. The number of nitrogens with one attached hydrogen (secondary N) is 2. The van der Waals surface area contributed by atoms with Crippen LogP contribution in [0, 0.1) is 3.57 Å². The highest BCUT2D eigenvalue weighted by Gasteiger charge is 2.07. The van der Waals surface area contributed by atoms with Gasteiger partial charge in [-0.1, -0.05) is 11.8 Å². The molecule has 1 rings (SSSR count). The summed E-state index contributed by atoms with van der Waals surface area (Å²) in [5, 5.41) is 3.07. The van der Waals surface area contributed by atoms with E-state index >= 15 is 0 Å². The van der Waals surface area contributed by atoms with Gasteiger partial charge in [-0.2, -0.15) is 0 Å². The molecule has 1 aromatic rings. The summed E-state index contributed by atoms with van der Waals surface area (Å²) in [4.78, 5) is 28.5. The van der Waals surface area contributed by atoms with Crippen LogP contribution in [0.4, 0.5) is 0 Å². The lowest BCUT2D eigenvalue weighted by atomic mass is 10.7. The molecule has 14 heavy (non-hydrogen) atoms. The first-order chi connectivity index (χ1) is 6.65. The van der Waals surface area contributed by atoms with E-state index in [0.717, 1.165) is 0 Å². The number of nitrogens with zero attached hydrogens (tertiary/aromatic N) is 1. The monoisotopic (exact) mass is 325 g/mol. The van der Waals surface area contributed by atoms with Crippen LogP contribution in [0.3, 0.4) is 0 Å². The Kier molecular flexibility index (Phi) is 4.39. The van der Waals surface area contributed by atoms with Crippen molar-refractivity contribution in [3.8, 4) is 0 Å². The summed E-state index contributed by atoms with van der Waals surface area (Å²) >= 11 is 3.15. The van der Waals surface area contributed by atoms with E-state index < -0.39 is 0 Å². The summed E-state index contributed by atoms with van der Waals surface area (Å²) in [5.41, 5.74) is -0.181. The third-order valence-electron chi connectivity index (χ3n) is 1.38. The van der Waals surface area contributed by atoms with Gasteiger partial charge in [-0.05, 0) is 22.6 Å². The van der Waals surface area contributed by atoms with Crippen molar-refractivity contribution in [1.82, 2.24) is 15.3 Å². The summed E-state index contributed by atoms with van der Waals surface area (Å²) in [6.45, 7) is 0. The molecule has 0 saturated heterocycles. The van der Waals surface area contributed by atoms with Crippen molar-refractivity contribution in [3.63, 3.8) is 0 Å². The molecule has 7 heteroatoms. The highest BCUT2D eigenvalue weighted by molar-refractivity contribution is 14.1. The normalized spacial score (nSPS) is 9.86. The lowest BCUT2D eigenvalue weighted by Crippen LogP contribution is -2.20. The van der Waals surface area contributed by atoms with Crippen molar-refractivity contribution in [1.29, 1.82) is 0 Å². The van der Waals surface area contributed by atoms with Gasteiger partial charge in [-0.15, -0.1) is 0 Å². The number of carbonyl (C=O) groups excluding carboxylic acids is 1. The lowest BCUT2D eigenvalue weighted by molar-refractivity contribution is -0.118. The third kappa shape index (κ3) is 2.98. The topological polar surface area (TPSA) is 74.8 Å². The van der Waals surface area contributed by atoms with Crippen molar-refractivity contribution in [3.05, 3.63) is 20.3 Å². The van der Waals surface area contributed by atoms with Gasteiger partial charge < -0.3 is 10.3 Å². The predicted octanol–water partition coefficient (Wildman–Crippen LogP) is 0.213. The number of hydrogen-bond acceptors (Lipinski definition) is 4. The molecule has 0 aliphatic rings. The number of rotatable bonds is 3. The van der Waals surface area contributed by atoms with Crippen molar-refractivity contribution < 1.29 is 4.79 Å². The van der Waals surface area contributed by atoms with Gasteiger partial charge >= 0.3 is 0 Å². The molecule has 76 valence electrons. The fourth-order valence-corrected chi connectivity index (χ4v) is 2.19. The third-order valence-corrected chi connectivity index (χ3v) is 3.74. The van der Waals surface area contributed by atoms with Crippen LogP contribution in [0.2, 0.25) is 0 Å². The zero-order chi connectivity index (χ0) is 10.6. The summed E-state index contributed by atoms with van der Waals surface area (Å²) in [5.74, 6) is 0.177. The van der Waals surface area contributed by atoms with E-state index in [0.29, 0.717) is 8.60 Å². The number of hydrogen-bond donors (Lipinski definition) is 2. The van der Waals surface area contributed by atoms with Crippen LogP contribution in [-0.4, -0.2) is 28.7 Å². The smallest absolute Gasteiger partial charge is 0.265 e. The van der Waals surface area contributed by atoms with Gasteiger partial charge in [0.15, 0.2) is 0 Å². The number of thioether (sulfide) groups is 1. The number of aromatic nitrogens is 2. The van der Waals surface area contributed by atoms with Crippen LogP contribution in [0.25, 0.3) is 0 Å². The SMILES string of the molecule is CNC(=O)CSc1nc[nH]c(=O)c1I. The van der Waals surface area contributed by atoms with Crippen LogP contribution >= 0.6 is 34.4 Å². The van der Waals surface area contributed by atoms with Crippen LogP contribution < -0.4 is 10.9 Å². The van der Waals surface area contributed by atoms with E-state index in [-0.39, 0.29) is 17.2 Å². The molecule has 0 spiro atoms. The van der Waals surface area contributed by atoms with Crippen molar-refractivity contribution in [2.45, 2.75) is 5.03 Å². The molecule has 0 saturated carbocycles. The molecule has 0 fully saturated rings. The van der Waals surface area contributed by atoms with Gasteiger partial charge in [-0.25, -0.2) is 4.98 Å². The van der Waals surface area contributed by atoms with E-state index in [1.54, 1.807) is 7.05 Å². The van der Waals surface area contributed by atoms with Crippen LogP contribution in [0.5, 0.6) is 0 Å². The van der Waals surface area contributed by atoms with Crippen LogP contribution in [0.1, 0.15) is 0 Å². The Balaban J connectivity index is 2.73. The molecular formula is C7H8IN3O2S. The molecule has 1 aromatic heterocycles. The Labute approximate surface area is 98.2 Å². The average molecular weight is 325 g/mol. The standard InChI is InChI=1S/C7H8IN3O2S/c1-9-4(12)2-14-7-5(8)6(13)10-3-11-7/h3H,2H2,1H3,(H,9,12)(H,10,11,13). The molecule has 0 radical (unpaired) electrons. The number of amides is 1. The van der Waals surface area contributed by atoms with Crippen molar-refractivity contribution in [2.24, 2.45) is 0 Å². The minimum atomic E-state index is -0.181. The quantitative estimate of drug-likeness (QED) is 0.473. The van der Waals surface area contributed by atoms with Gasteiger partial charge in [0.2, 0.25) is 5.91 Å². The molecule has 0 atom stereocenters. The van der Waals surface area contributed by atoms with Gasteiger partial charge in [-0.3, -0.25) is 9.59 Å². The molecule has 0 aliphatic heterocycles. The van der Waals surface area contributed by atoms with Crippen LogP contribution in [-0.2, 0) is 4.79 Å². The number of halogens is 1. The first kappa shape index (κ1) is 11.5. The summed E-state index contributed by atoms with van der Waals surface area (Å²) < 4.78 is 0.513. The molecule has 0 unspecified atom stereocenters. The minimum absolute atomic E-state index is 0.0899. The summed E-state index contributed by atoms with van der Waals surface area (Å²) in [7, 11) is 1.57. The summed E-state index contributed by atoms with van der Waals surface area (Å²) in [6.07, 6.45) is 1.33. The zero-order valence-corrected chi connectivity index (χ0v) is 10.3. The van der Waals surface area contributed by atoms with E-state index in [1.165, 1.54) is 18.1 Å². The van der Waals surface area contributed by atoms with E-state index in [1.807, 2.05) is 22.6 Å². The maximum Gasteiger partial charge on any atom is 0.265 e. The Morgan fingerprint density at radius 2 is 2.50 bits per heavy atom. The Morgan fingerprint density at radius 3 is 3.14 bits per heavy atom. The van der Waals surface area contributed by atoms with E-state index in [2.05, 4.69) is 15.3 Å². The van der Waals surface area contributed by atoms with Gasteiger partial charge in [0, 0.05) is 7.05 Å². The highest BCUT2D eigenvalue weighted by Crippen LogP contribution is 2.17. The Bertz CT molecular complexity index is 393.